The Kier molecular flexibility index (Phi) is 6.99. The lowest BCUT2D eigenvalue weighted by atomic mass is 9.72. The molecule has 4 rings (SSSR count). The number of aromatic nitrogens is 2. The van der Waals surface area contributed by atoms with E-state index in [0.29, 0.717) is 42.5 Å². The van der Waals surface area contributed by atoms with Gasteiger partial charge in [0.2, 0.25) is 0 Å². The van der Waals surface area contributed by atoms with Crippen LogP contribution in [-0.4, -0.2) is 40.7 Å². The molecule has 0 unspecified atom stereocenters. The highest BCUT2D eigenvalue weighted by molar-refractivity contribution is 7.90. The van der Waals surface area contributed by atoms with Crippen LogP contribution in [0.15, 0.2) is 35.4 Å². The average molecular weight is 562 g/mol. The Balaban J connectivity index is 1.76. The summed E-state index contributed by atoms with van der Waals surface area (Å²) in [5.74, 6) is -1.48. The van der Waals surface area contributed by atoms with E-state index < -0.39 is 44.1 Å². The van der Waals surface area contributed by atoms with Crippen LogP contribution in [-0.2, 0) is 21.2 Å². The number of Topliss-reactive ketones (excluding diaryl/α,β-unsaturated/α-hetero) is 1. The van der Waals surface area contributed by atoms with Crippen LogP contribution >= 0.6 is 23.2 Å². The van der Waals surface area contributed by atoms with E-state index in [1.165, 1.54) is 30.5 Å². The van der Waals surface area contributed by atoms with Gasteiger partial charge >= 0.3 is 6.18 Å². The minimum absolute atomic E-state index is 0.0379. The predicted molar refractivity (Wildman–Crippen MR) is 128 cm³/mol. The van der Waals surface area contributed by atoms with Crippen molar-refractivity contribution in [1.29, 1.82) is 5.26 Å². The third-order valence-corrected chi connectivity index (χ3v) is 8.73. The Hall–Kier alpha value is -2.09. The summed E-state index contributed by atoms with van der Waals surface area (Å²) in [5.41, 5.74) is 0.456. The summed E-state index contributed by atoms with van der Waals surface area (Å²) in [7, 11) is -3.47. The van der Waals surface area contributed by atoms with E-state index in [1.807, 2.05) is 0 Å². The van der Waals surface area contributed by atoms with Gasteiger partial charge in [-0.3, -0.25) is 9.48 Å². The van der Waals surface area contributed by atoms with E-state index in [0.717, 1.165) is 10.9 Å². The maximum absolute atomic E-state index is 13.4. The van der Waals surface area contributed by atoms with Crippen molar-refractivity contribution in [3.05, 3.63) is 36.2 Å². The average Bonchev–Trinajstić information content (AvgIpc) is 3.42. The Bertz CT molecular complexity index is 1310. The Labute approximate surface area is 217 Å². The number of ketones is 1. The van der Waals surface area contributed by atoms with Gasteiger partial charge in [-0.2, -0.15) is 23.5 Å². The number of alkyl halides is 5. The Morgan fingerprint density at radius 3 is 2.39 bits per heavy atom. The van der Waals surface area contributed by atoms with Crippen molar-refractivity contribution in [2.75, 3.05) is 6.26 Å². The third-order valence-electron chi connectivity index (χ3n) is 6.92. The van der Waals surface area contributed by atoms with Crippen LogP contribution in [0.5, 0.6) is 0 Å². The number of rotatable bonds is 7. The molecule has 1 aromatic carbocycles. The molecule has 1 aromatic heterocycles. The minimum atomic E-state index is -4.52. The normalized spacial score (nSPS) is 23.1. The van der Waals surface area contributed by atoms with Crippen molar-refractivity contribution < 1.29 is 26.4 Å². The number of hydrogen-bond donors (Lipinski definition) is 0. The first-order valence-electron chi connectivity index (χ1n) is 11.4. The van der Waals surface area contributed by atoms with Crippen LogP contribution in [0.1, 0.15) is 50.1 Å². The molecule has 2 saturated carbocycles. The summed E-state index contributed by atoms with van der Waals surface area (Å²) in [4.78, 5) is 13.4. The van der Waals surface area contributed by atoms with Crippen LogP contribution in [0, 0.1) is 22.7 Å². The number of sulfone groups is 1. The number of nitriles is 1. The van der Waals surface area contributed by atoms with Gasteiger partial charge in [0.15, 0.2) is 9.84 Å². The second-order valence-corrected chi connectivity index (χ2v) is 13.5. The maximum atomic E-state index is 13.4. The molecule has 0 spiro atoms. The number of hydrogen-bond acceptors (Lipinski definition) is 5. The topological polar surface area (TPSA) is 92.8 Å². The smallest absolute Gasteiger partial charge is 0.299 e. The zero-order valence-corrected chi connectivity index (χ0v) is 21.7. The minimum Gasteiger partial charge on any atom is -0.299 e. The first kappa shape index (κ1) is 27.0. The molecule has 0 radical (unpaired) electrons. The fourth-order valence-corrected chi connectivity index (χ4v) is 6.00. The zero-order chi connectivity index (χ0) is 26.5. The Morgan fingerprint density at radius 2 is 1.86 bits per heavy atom. The van der Waals surface area contributed by atoms with E-state index >= 15 is 0 Å². The number of nitrogens with zero attached hydrogens (tertiary/aromatic N) is 3. The fourth-order valence-electron chi connectivity index (χ4n) is 4.82. The number of benzene rings is 1. The standard InChI is InChI=1S/C24H24Cl2F3N3O3S/c1-36(34,35)16-4-2-15(3-5-16)19-12-32(14-24(27,28)29)31-21(19)17-6-7-23(25,26)10-18(17)20(33)11-22(13-30)8-9-22/h2-5,12,17-18H,6-11,14H2,1H3/t17-,18-/m1/s1. The molecule has 0 saturated heterocycles. The van der Waals surface area contributed by atoms with Gasteiger partial charge in [-0.1, -0.05) is 12.1 Å². The highest BCUT2D eigenvalue weighted by Crippen LogP contribution is 2.53. The molecular formula is C24H24Cl2F3N3O3S. The van der Waals surface area contributed by atoms with E-state index in [-0.39, 0.29) is 23.5 Å². The fraction of sp³-hybridized carbons (Fsp3) is 0.542. The van der Waals surface area contributed by atoms with Crippen molar-refractivity contribution in [2.45, 2.75) is 66.4 Å². The largest absolute Gasteiger partial charge is 0.408 e. The van der Waals surface area contributed by atoms with Crippen LogP contribution in [0.25, 0.3) is 11.1 Å². The van der Waals surface area contributed by atoms with Crippen molar-refractivity contribution in [3.63, 3.8) is 0 Å². The van der Waals surface area contributed by atoms with E-state index in [1.54, 1.807) is 0 Å². The predicted octanol–water partition coefficient (Wildman–Crippen LogP) is 5.84. The quantitative estimate of drug-likeness (QED) is 0.396. The summed E-state index contributed by atoms with van der Waals surface area (Å²) in [5, 5.41) is 13.7. The zero-order valence-electron chi connectivity index (χ0n) is 19.4. The van der Waals surface area contributed by atoms with Crippen molar-refractivity contribution >= 4 is 38.8 Å². The lowest BCUT2D eigenvalue weighted by molar-refractivity contribution is -0.142. The van der Waals surface area contributed by atoms with E-state index in [4.69, 9.17) is 23.2 Å². The molecule has 194 valence electrons. The summed E-state index contributed by atoms with van der Waals surface area (Å²) in [6.45, 7) is -1.32. The molecule has 6 nitrogen and oxygen atoms in total. The SMILES string of the molecule is CS(=O)(=O)c1ccc(-c2cn(CC(F)(F)F)nc2[C@@H]2CCC(Cl)(Cl)C[C@H]2C(=O)CC2(C#N)CC2)cc1. The van der Waals surface area contributed by atoms with Crippen LogP contribution < -0.4 is 0 Å². The van der Waals surface area contributed by atoms with Gasteiger partial charge in [-0.15, -0.1) is 23.2 Å². The summed E-state index contributed by atoms with van der Waals surface area (Å²) in [6, 6.07) is 7.98. The number of halogens is 5. The molecule has 12 heteroatoms. The molecule has 0 amide bonds. The second kappa shape index (κ2) is 9.34. The molecule has 2 aromatic rings. The van der Waals surface area contributed by atoms with Crippen LogP contribution in [0.3, 0.4) is 0 Å². The van der Waals surface area contributed by atoms with Crippen molar-refractivity contribution in [1.82, 2.24) is 9.78 Å². The molecule has 1 heterocycles. The molecule has 2 atom stereocenters. The van der Waals surface area contributed by atoms with Crippen LogP contribution in [0.2, 0.25) is 0 Å². The summed E-state index contributed by atoms with van der Waals surface area (Å²) >= 11 is 12.8. The van der Waals surface area contributed by atoms with E-state index in [2.05, 4.69) is 11.2 Å². The van der Waals surface area contributed by atoms with Gasteiger partial charge in [0.25, 0.3) is 0 Å². The molecular weight excluding hydrogens is 538 g/mol. The molecule has 2 fully saturated rings. The maximum Gasteiger partial charge on any atom is 0.408 e. The van der Waals surface area contributed by atoms with Gasteiger partial charge in [0.05, 0.1) is 22.1 Å². The van der Waals surface area contributed by atoms with Gasteiger partial charge in [0.1, 0.15) is 16.7 Å². The number of carbonyl (C=O) groups is 1. The van der Waals surface area contributed by atoms with Gasteiger partial charge in [-0.05, 0) is 49.8 Å². The summed E-state index contributed by atoms with van der Waals surface area (Å²) < 4.78 is 62.9. The molecule has 2 aliphatic carbocycles. The molecule has 0 bridgehead atoms. The Morgan fingerprint density at radius 1 is 1.22 bits per heavy atom. The van der Waals surface area contributed by atoms with Crippen LogP contribution in [0.4, 0.5) is 13.2 Å². The molecule has 0 N–H and O–H groups in total. The second-order valence-electron chi connectivity index (χ2n) is 9.88. The van der Waals surface area contributed by atoms with Crippen molar-refractivity contribution in [3.8, 4) is 17.2 Å². The first-order chi connectivity index (χ1) is 16.6. The van der Waals surface area contributed by atoms with Crippen molar-refractivity contribution in [2.24, 2.45) is 11.3 Å². The summed E-state index contributed by atoms with van der Waals surface area (Å²) in [6.07, 6.45) is -0.181. The highest BCUT2D eigenvalue weighted by Gasteiger charge is 2.50. The van der Waals surface area contributed by atoms with E-state index in [9.17, 15) is 31.6 Å². The van der Waals surface area contributed by atoms with Gasteiger partial charge in [-0.25, -0.2) is 8.42 Å². The number of carbonyl (C=O) groups excluding carboxylic acids is 1. The van der Waals surface area contributed by atoms with Gasteiger partial charge < -0.3 is 0 Å². The first-order valence-corrected chi connectivity index (χ1v) is 14.0. The molecule has 0 aliphatic heterocycles. The highest BCUT2D eigenvalue weighted by atomic mass is 35.5. The lowest BCUT2D eigenvalue weighted by Crippen LogP contribution is -2.36. The third kappa shape index (κ3) is 6.06. The van der Waals surface area contributed by atoms with Gasteiger partial charge in [0, 0.05) is 36.3 Å². The molecule has 36 heavy (non-hydrogen) atoms. The molecule has 2 aliphatic rings. The monoisotopic (exact) mass is 561 g/mol. The lowest BCUT2D eigenvalue weighted by Gasteiger charge is -2.37.